The monoisotopic (exact) mass is 324 g/mol. The second-order valence-corrected chi connectivity index (χ2v) is 6.04. The summed E-state index contributed by atoms with van der Waals surface area (Å²) in [6.07, 6.45) is 0. The van der Waals surface area contributed by atoms with Gasteiger partial charge in [-0.05, 0) is 31.5 Å². The van der Waals surface area contributed by atoms with E-state index in [2.05, 4.69) is 5.32 Å². The van der Waals surface area contributed by atoms with Crippen LogP contribution in [0, 0.1) is 6.92 Å². The summed E-state index contributed by atoms with van der Waals surface area (Å²) in [6, 6.07) is 16.5. The SMILES string of the molecule is Cc1ccc(OCCN2C(=O)NC(C)(c3ccccc3)C2=O)cc1. The van der Waals surface area contributed by atoms with Gasteiger partial charge in [0.15, 0.2) is 0 Å². The van der Waals surface area contributed by atoms with Crippen molar-refractivity contribution in [1.82, 2.24) is 10.2 Å². The minimum absolute atomic E-state index is 0.209. The fourth-order valence-corrected chi connectivity index (χ4v) is 2.76. The highest BCUT2D eigenvalue weighted by molar-refractivity contribution is 6.07. The van der Waals surface area contributed by atoms with Gasteiger partial charge in [-0.2, -0.15) is 0 Å². The van der Waals surface area contributed by atoms with Crippen LogP contribution in [-0.2, 0) is 10.3 Å². The number of hydrogen-bond acceptors (Lipinski definition) is 3. The highest BCUT2D eigenvalue weighted by Gasteiger charge is 2.48. The van der Waals surface area contributed by atoms with Crippen LogP contribution in [0.15, 0.2) is 54.6 Å². The number of nitrogens with one attached hydrogen (secondary N) is 1. The molecule has 2 aromatic carbocycles. The predicted molar refractivity (Wildman–Crippen MR) is 90.7 cm³/mol. The van der Waals surface area contributed by atoms with Crippen LogP contribution in [0.1, 0.15) is 18.1 Å². The summed E-state index contributed by atoms with van der Waals surface area (Å²) in [5, 5.41) is 2.78. The van der Waals surface area contributed by atoms with Crippen molar-refractivity contribution in [3.63, 3.8) is 0 Å². The first-order chi connectivity index (χ1) is 11.5. The largest absolute Gasteiger partial charge is 0.492 e. The maximum Gasteiger partial charge on any atom is 0.325 e. The average Bonchev–Trinajstić information content (AvgIpc) is 2.81. The summed E-state index contributed by atoms with van der Waals surface area (Å²) in [6.45, 7) is 4.19. The molecule has 2 aromatic rings. The number of urea groups is 1. The van der Waals surface area contributed by atoms with Gasteiger partial charge in [-0.1, -0.05) is 48.0 Å². The molecule has 1 atom stereocenters. The zero-order valence-electron chi connectivity index (χ0n) is 13.8. The molecule has 0 spiro atoms. The van der Waals surface area contributed by atoms with Crippen LogP contribution in [0.3, 0.4) is 0 Å². The molecule has 0 aromatic heterocycles. The van der Waals surface area contributed by atoms with Crippen LogP contribution in [0.5, 0.6) is 5.75 Å². The van der Waals surface area contributed by atoms with Crippen LogP contribution < -0.4 is 10.1 Å². The Bertz CT molecular complexity index is 743. The molecule has 0 saturated carbocycles. The lowest BCUT2D eigenvalue weighted by molar-refractivity contribution is -0.131. The van der Waals surface area contributed by atoms with Gasteiger partial charge in [0.2, 0.25) is 0 Å². The van der Waals surface area contributed by atoms with Gasteiger partial charge in [-0.3, -0.25) is 9.69 Å². The van der Waals surface area contributed by atoms with E-state index < -0.39 is 5.54 Å². The van der Waals surface area contributed by atoms with Crippen molar-refractivity contribution in [2.75, 3.05) is 13.2 Å². The molecule has 1 saturated heterocycles. The lowest BCUT2D eigenvalue weighted by atomic mass is 9.92. The molecule has 1 aliphatic rings. The molecular weight excluding hydrogens is 304 g/mol. The van der Waals surface area contributed by atoms with Gasteiger partial charge in [0.25, 0.3) is 5.91 Å². The zero-order chi connectivity index (χ0) is 17.2. The molecule has 5 heteroatoms. The van der Waals surface area contributed by atoms with Crippen molar-refractivity contribution in [2.24, 2.45) is 0 Å². The van der Waals surface area contributed by atoms with Gasteiger partial charge in [-0.25, -0.2) is 4.79 Å². The summed E-state index contributed by atoms with van der Waals surface area (Å²) < 4.78 is 5.62. The van der Waals surface area contributed by atoms with Crippen molar-refractivity contribution in [3.8, 4) is 5.75 Å². The smallest absolute Gasteiger partial charge is 0.325 e. The third-order valence-electron chi connectivity index (χ3n) is 4.23. The Hall–Kier alpha value is -2.82. The molecule has 3 rings (SSSR count). The molecule has 5 nitrogen and oxygen atoms in total. The molecular formula is C19H20N2O3. The first-order valence-electron chi connectivity index (χ1n) is 7.90. The van der Waals surface area contributed by atoms with E-state index in [4.69, 9.17) is 4.74 Å². The molecule has 0 aliphatic carbocycles. The Morgan fingerprint density at radius 3 is 2.38 bits per heavy atom. The van der Waals surface area contributed by atoms with E-state index >= 15 is 0 Å². The average molecular weight is 324 g/mol. The van der Waals surface area contributed by atoms with Crippen LogP contribution in [0.25, 0.3) is 0 Å². The highest BCUT2D eigenvalue weighted by Crippen LogP contribution is 2.28. The van der Waals surface area contributed by atoms with Gasteiger partial charge >= 0.3 is 6.03 Å². The molecule has 1 aliphatic heterocycles. The maximum atomic E-state index is 12.7. The summed E-state index contributed by atoms with van der Waals surface area (Å²) in [5.41, 5.74) is 0.891. The Labute approximate surface area is 141 Å². The molecule has 1 N–H and O–H groups in total. The molecule has 124 valence electrons. The topological polar surface area (TPSA) is 58.6 Å². The lowest BCUT2D eigenvalue weighted by Gasteiger charge is -2.22. The van der Waals surface area contributed by atoms with Gasteiger partial charge in [0, 0.05) is 0 Å². The van der Waals surface area contributed by atoms with Gasteiger partial charge in [0.1, 0.15) is 17.9 Å². The first kappa shape index (κ1) is 16.1. The van der Waals surface area contributed by atoms with E-state index in [0.29, 0.717) is 0 Å². The summed E-state index contributed by atoms with van der Waals surface area (Å²) in [4.78, 5) is 26.1. The molecule has 1 heterocycles. The van der Waals surface area contributed by atoms with Crippen LogP contribution in [-0.4, -0.2) is 30.0 Å². The van der Waals surface area contributed by atoms with E-state index in [1.54, 1.807) is 6.92 Å². The van der Waals surface area contributed by atoms with Gasteiger partial charge in [-0.15, -0.1) is 0 Å². The maximum absolute atomic E-state index is 12.7. The van der Waals surface area contributed by atoms with Crippen molar-refractivity contribution in [2.45, 2.75) is 19.4 Å². The van der Waals surface area contributed by atoms with Gasteiger partial charge < -0.3 is 10.1 Å². The molecule has 1 fully saturated rings. The van der Waals surface area contributed by atoms with Crippen molar-refractivity contribution in [1.29, 1.82) is 0 Å². The Morgan fingerprint density at radius 1 is 1.04 bits per heavy atom. The number of amides is 3. The number of hydrogen-bond donors (Lipinski definition) is 1. The number of benzene rings is 2. The Kier molecular flexibility index (Phi) is 4.25. The van der Waals surface area contributed by atoms with E-state index in [1.165, 1.54) is 4.90 Å². The summed E-state index contributed by atoms with van der Waals surface area (Å²) in [5.74, 6) is 0.463. The fourth-order valence-electron chi connectivity index (χ4n) is 2.76. The minimum atomic E-state index is -1.03. The van der Waals surface area contributed by atoms with Crippen LogP contribution in [0.2, 0.25) is 0 Å². The summed E-state index contributed by atoms with van der Waals surface area (Å²) >= 11 is 0. The Morgan fingerprint density at radius 2 is 1.71 bits per heavy atom. The standard InChI is InChI=1S/C19H20N2O3/c1-14-8-10-16(11-9-14)24-13-12-21-17(22)19(2,20-18(21)23)15-6-4-3-5-7-15/h3-11H,12-13H2,1-2H3,(H,20,23). The van der Waals surface area contributed by atoms with Crippen LogP contribution in [0.4, 0.5) is 4.79 Å². The first-order valence-corrected chi connectivity index (χ1v) is 7.90. The summed E-state index contributed by atoms with van der Waals surface area (Å²) in [7, 11) is 0. The van der Waals surface area contributed by atoms with Crippen LogP contribution >= 0.6 is 0 Å². The second-order valence-electron chi connectivity index (χ2n) is 6.04. The second kappa shape index (κ2) is 6.35. The Balaban J connectivity index is 1.65. The van der Waals surface area contributed by atoms with Crippen molar-refractivity contribution < 1.29 is 14.3 Å². The molecule has 1 unspecified atom stereocenters. The number of ether oxygens (including phenoxy) is 1. The van der Waals surface area contributed by atoms with Gasteiger partial charge in [0.05, 0.1) is 6.54 Å². The number of rotatable bonds is 5. The third kappa shape index (κ3) is 2.97. The van der Waals surface area contributed by atoms with Crippen molar-refractivity contribution in [3.05, 3.63) is 65.7 Å². The lowest BCUT2D eigenvalue weighted by Crippen LogP contribution is -2.41. The number of carbonyl (C=O) groups is 2. The number of nitrogens with zero attached hydrogens (tertiary/aromatic N) is 1. The molecule has 24 heavy (non-hydrogen) atoms. The van der Waals surface area contributed by atoms with E-state index in [1.807, 2.05) is 61.5 Å². The molecule has 3 amide bonds. The minimum Gasteiger partial charge on any atom is -0.492 e. The predicted octanol–water partition coefficient (Wildman–Crippen LogP) is 2.84. The number of carbonyl (C=O) groups excluding carboxylic acids is 2. The van der Waals surface area contributed by atoms with E-state index in [-0.39, 0.29) is 25.1 Å². The fraction of sp³-hybridized carbons (Fsp3) is 0.263. The normalized spacial score (nSPS) is 20.2. The molecule has 0 radical (unpaired) electrons. The van der Waals surface area contributed by atoms with Crippen molar-refractivity contribution >= 4 is 11.9 Å². The zero-order valence-corrected chi connectivity index (χ0v) is 13.8. The number of imide groups is 1. The molecule has 0 bridgehead atoms. The van der Waals surface area contributed by atoms with E-state index in [9.17, 15) is 9.59 Å². The quantitative estimate of drug-likeness (QED) is 0.861. The highest BCUT2D eigenvalue weighted by atomic mass is 16.5. The third-order valence-corrected chi connectivity index (χ3v) is 4.23. The number of aryl methyl sites for hydroxylation is 1. The van der Waals surface area contributed by atoms with E-state index in [0.717, 1.165) is 16.9 Å².